The smallest absolute Gasteiger partial charge is 0.269 e. The Balaban J connectivity index is 1.83. The van der Waals surface area contributed by atoms with Gasteiger partial charge in [-0.15, -0.1) is 0 Å². The summed E-state index contributed by atoms with van der Waals surface area (Å²) in [4.78, 5) is 23.1. The van der Waals surface area contributed by atoms with E-state index in [2.05, 4.69) is 21.2 Å². The number of nitrogens with one attached hydrogen (secondary N) is 1. The first kappa shape index (κ1) is 22.7. The van der Waals surface area contributed by atoms with E-state index in [1.807, 2.05) is 25.1 Å². The molecule has 0 heterocycles. The number of anilines is 1. The predicted octanol–water partition coefficient (Wildman–Crippen LogP) is 5.79. The maximum absolute atomic E-state index is 12.6. The van der Waals surface area contributed by atoms with Gasteiger partial charge in [0.2, 0.25) is 0 Å². The second kappa shape index (κ2) is 10.4. The van der Waals surface area contributed by atoms with E-state index in [1.165, 1.54) is 18.2 Å². The van der Waals surface area contributed by atoms with Gasteiger partial charge in [0.25, 0.3) is 11.6 Å². The van der Waals surface area contributed by atoms with Crippen LogP contribution in [-0.2, 0) is 11.4 Å². The van der Waals surface area contributed by atoms with Crippen LogP contribution in [0.1, 0.15) is 16.7 Å². The molecule has 32 heavy (non-hydrogen) atoms. The highest BCUT2D eigenvalue weighted by atomic mass is 79.9. The summed E-state index contributed by atoms with van der Waals surface area (Å²) >= 11 is 3.39. The van der Waals surface area contributed by atoms with Crippen molar-refractivity contribution < 1.29 is 14.5 Å². The molecule has 7 nitrogen and oxygen atoms in total. The van der Waals surface area contributed by atoms with E-state index in [9.17, 15) is 20.2 Å². The summed E-state index contributed by atoms with van der Waals surface area (Å²) in [6, 6.07) is 20.5. The SMILES string of the molecule is Cc1cccc(NC(=O)/C(C#N)=C/c2cc(Br)ccc2OCc2cccc([N+](=O)[O-])c2)c1. The van der Waals surface area contributed by atoms with Crippen molar-refractivity contribution in [3.05, 3.63) is 104 Å². The number of nitriles is 1. The Morgan fingerprint density at radius 3 is 2.69 bits per heavy atom. The molecule has 1 N–H and O–H groups in total. The van der Waals surface area contributed by atoms with Gasteiger partial charge in [0, 0.05) is 27.9 Å². The lowest BCUT2D eigenvalue weighted by Gasteiger charge is -2.11. The maximum Gasteiger partial charge on any atom is 0.269 e. The summed E-state index contributed by atoms with van der Waals surface area (Å²) in [5.41, 5.74) is 2.59. The predicted molar refractivity (Wildman–Crippen MR) is 125 cm³/mol. The number of carbonyl (C=O) groups excluding carboxylic acids is 1. The zero-order valence-corrected chi connectivity index (χ0v) is 18.6. The summed E-state index contributed by atoms with van der Waals surface area (Å²) in [5, 5.41) is 23.2. The fourth-order valence-corrected chi connectivity index (χ4v) is 3.29. The van der Waals surface area contributed by atoms with E-state index in [0.29, 0.717) is 22.6 Å². The minimum Gasteiger partial charge on any atom is -0.488 e. The summed E-state index contributed by atoms with van der Waals surface area (Å²) in [5.74, 6) is -0.112. The number of hydrogen-bond acceptors (Lipinski definition) is 5. The van der Waals surface area contributed by atoms with Crippen molar-refractivity contribution in [2.75, 3.05) is 5.32 Å². The number of nitrogens with zero attached hydrogens (tertiary/aromatic N) is 2. The van der Waals surface area contributed by atoms with Gasteiger partial charge in [0.1, 0.15) is 24.0 Å². The highest BCUT2D eigenvalue weighted by Crippen LogP contribution is 2.27. The topological polar surface area (TPSA) is 105 Å². The molecule has 0 saturated carbocycles. The molecule has 1 amide bonds. The number of nitro groups is 1. The summed E-state index contributed by atoms with van der Waals surface area (Å²) in [6.07, 6.45) is 1.44. The van der Waals surface area contributed by atoms with Gasteiger partial charge in [0.05, 0.1) is 4.92 Å². The second-order valence-electron chi connectivity index (χ2n) is 6.89. The lowest BCUT2D eigenvalue weighted by atomic mass is 10.1. The van der Waals surface area contributed by atoms with Crippen molar-refractivity contribution in [3.63, 3.8) is 0 Å². The number of amides is 1. The van der Waals surface area contributed by atoms with E-state index in [-0.39, 0.29) is 17.9 Å². The van der Waals surface area contributed by atoms with Gasteiger partial charge in [-0.2, -0.15) is 5.26 Å². The lowest BCUT2D eigenvalue weighted by molar-refractivity contribution is -0.384. The number of benzene rings is 3. The molecule has 0 spiro atoms. The number of aryl methyl sites for hydroxylation is 1. The van der Waals surface area contributed by atoms with Crippen LogP contribution in [0.25, 0.3) is 6.08 Å². The Hall–Kier alpha value is -3.96. The number of non-ortho nitro benzene ring substituents is 1. The van der Waals surface area contributed by atoms with Gasteiger partial charge in [-0.3, -0.25) is 14.9 Å². The molecule has 3 rings (SSSR count). The van der Waals surface area contributed by atoms with Gasteiger partial charge in [-0.1, -0.05) is 40.2 Å². The lowest BCUT2D eigenvalue weighted by Crippen LogP contribution is -2.13. The highest BCUT2D eigenvalue weighted by Gasteiger charge is 2.13. The van der Waals surface area contributed by atoms with Crippen molar-refractivity contribution in [3.8, 4) is 11.8 Å². The van der Waals surface area contributed by atoms with Crippen LogP contribution < -0.4 is 10.1 Å². The molecule has 160 valence electrons. The van der Waals surface area contributed by atoms with Crippen LogP contribution in [0.3, 0.4) is 0 Å². The van der Waals surface area contributed by atoms with Crippen LogP contribution in [0.5, 0.6) is 5.75 Å². The molecule has 0 aliphatic rings. The number of nitro benzene ring substituents is 1. The fraction of sp³-hybridized carbons (Fsp3) is 0.0833. The minimum atomic E-state index is -0.539. The Morgan fingerprint density at radius 1 is 1.19 bits per heavy atom. The maximum atomic E-state index is 12.6. The first-order chi connectivity index (χ1) is 15.4. The van der Waals surface area contributed by atoms with Crippen molar-refractivity contribution in [2.24, 2.45) is 0 Å². The Kier molecular flexibility index (Phi) is 7.37. The molecular formula is C24H18BrN3O4. The van der Waals surface area contributed by atoms with Crippen molar-refractivity contribution >= 4 is 39.3 Å². The van der Waals surface area contributed by atoms with Gasteiger partial charge >= 0.3 is 0 Å². The van der Waals surface area contributed by atoms with Crippen LogP contribution in [0.2, 0.25) is 0 Å². The molecule has 0 atom stereocenters. The van der Waals surface area contributed by atoms with Crippen LogP contribution >= 0.6 is 15.9 Å². The molecule has 3 aromatic rings. The van der Waals surface area contributed by atoms with E-state index < -0.39 is 10.8 Å². The van der Waals surface area contributed by atoms with Crippen LogP contribution in [0.4, 0.5) is 11.4 Å². The number of rotatable bonds is 7. The van der Waals surface area contributed by atoms with E-state index in [0.717, 1.165) is 10.0 Å². The molecule has 0 aromatic heterocycles. The number of halogens is 1. The molecule has 0 saturated heterocycles. The van der Waals surface area contributed by atoms with Gasteiger partial charge in [-0.25, -0.2) is 0 Å². The molecule has 8 heteroatoms. The third-order valence-corrected chi connectivity index (χ3v) is 4.92. The summed E-state index contributed by atoms with van der Waals surface area (Å²) in [6.45, 7) is 1.99. The Morgan fingerprint density at radius 2 is 1.97 bits per heavy atom. The average Bonchev–Trinajstić information content (AvgIpc) is 2.77. The second-order valence-corrected chi connectivity index (χ2v) is 7.81. The number of ether oxygens (including phenoxy) is 1. The molecule has 0 bridgehead atoms. The van der Waals surface area contributed by atoms with E-state index in [4.69, 9.17) is 4.74 Å². The number of carbonyl (C=O) groups is 1. The Bertz CT molecular complexity index is 1250. The fourth-order valence-electron chi connectivity index (χ4n) is 2.91. The third kappa shape index (κ3) is 6.03. The first-order valence-electron chi connectivity index (χ1n) is 9.51. The zero-order chi connectivity index (χ0) is 23.1. The van der Waals surface area contributed by atoms with Crippen molar-refractivity contribution in [1.82, 2.24) is 0 Å². The van der Waals surface area contributed by atoms with Crippen LogP contribution in [0, 0.1) is 28.4 Å². The molecule has 3 aromatic carbocycles. The third-order valence-electron chi connectivity index (χ3n) is 4.43. The van der Waals surface area contributed by atoms with E-state index in [1.54, 1.807) is 42.5 Å². The van der Waals surface area contributed by atoms with Crippen LogP contribution in [-0.4, -0.2) is 10.8 Å². The Labute approximate surface area is 193 Å². The zero-order valence-electron chi connectivity index (χ0n) is 17.0. The standard InChI is InChI=1S/C24H18BrN3O4/c1-16-4-2-6-21(10-16)27-24(29)19(14-26)12-18-13-20(25)8-9-23(18)32-15-17-5-3-7-22(11-17)28(30)31/h2-13H,15H2,1H3,(H,27,29)/b19-12+. The molecule has 0 aliphatic heterocycles. The van der Waals surface area contributed by atoms with Crippen molar-refractivity contribution in [1.29, 1.82) is 5.26 Å². The molecular weight excluding hydrogens is 474 g/mol. The molecule has 0 fully saturated rings. The average molecular weight is 492 g/mol. The van der Waals surface area contributed by atoms with Crippen LogP contribution in [0.15, 0.2) is 76.8 Å². The summed E-state index contributed by atoms with van der Waals surface area (Å²) < 4.78 is 6.58. The largest absolute Gasteiger partial charge is 0.488 e. The first-order valence-corrected chi connectivity index (χ1v) is 10.3. The normalized spacial score (nSPS) is 10.8. The highest BCUT2D eigenvalue weighted by molar-refractivity contribution is 9.10. The molecule has 0 aliphatic carbocycles. The molecule has 0 radical (unpaired) electrons. The molecule has 0 unspecified atom stereocenters. The summed E-state index contributed by atoms with van der Waals surface area (Å²) in [7, 11) is 0. The van der Waals surface area contributed by atoms with Gasteiger partial charge in [0.15, 0.2) is 0 Å². The van der Waals surface area contributed by atoms with Gasteiger partial charge < -0.3 is 10.1 Å². The number of hydrogen-bond donors (Lipinski definition) is 1. The van der Waals surface area contributed by atoms with Crippen molar-refractivity contribution in [2.45, 2.75) is 13.5 Å². The quantitative estimate of drug-likeness (QED) is 0.195. The van der Waals surface area contributed by atoms with Gasteiger partial charge in [-0.05, 0) is 54.5 Å². The van der Waals surface area contributed by atoms with E-state index >= 15 is 0 Å². The minimum absolute atomic E-state index is 0.0263. The monoisotopic (exact) mass is 491 g/mol.